The molecule has 0 radical (unpaired) electrons. The van der Waals surface area contributed by atoms with E-state index in [1.165, 1.54) is 24.2 Å². The van der Waals surface area contributed by atoms with Gasteiger partial charge in [-0.25, -0.2) is 0 Å². The van der Waals surface area contributed by atoms with Crippen molar-refractivity contribution in [3.8, 4) is 5.75 Å². The van der Waals surface area contributed by atoms with Gasteiger partial charge >= 0.3 is 0 Å². The Kier molecular flexibility index (Phi) is 4.34. The van der Waals surface area contributed by atoms with Gasteiger partial charge in [-0.05, 0) is 26.7 Å². The molecule has 106 valence electrons. The summed E-state index contributed by atoms with van der Waals surface area (Å²) in [6, 6.07) is 0. The molecule has 0 aliphatic carbocycles. The summed E-state index contributed by atoms with van der Waals surface area (Å²) < 4.78 is 5.86. The second-order valence-electron chi connectivity index (χ2n) is 5.12. The van der Waals surface area contributed by atoms with Gasteiger partial charge in [0.15, 0.2) is 11.5 Å². The maximum atomic E-state index is 12.0. The third kappa shape index (κ3) is 2.86. The Morgan fingerprint density at radius 1 is 1.42 bits per heavy atom. The van der Waals surface area contributed by atoms with E-state index in [1.807, 2.05) is 20.8 Å². The van der Waals surface area contributed by atoms with Gasteiger partial charge in [0.2, 0.25) is 0 Å². The summed E-state index contributed by atoms with van der Waals surface area (Å²) in [5.41, 5.74) is 6.66. The Balaban J connectivity index is 2.41. The lowest BCUT2D eigenvalue weighted by Gasteiger charge is -2.19. The Morgan fingerprint density at radius 3 is 2.58 bits per heavy atom. The first-order valence-corrected chi connectivity index (χ1v) is 7.73. The van der Waals surface area contributed by atoms with Crippen molar-refractivity contribution in [1.82, 2.24) is 0 Å². The number of thiophene rings is 1. The number of carbonyl (C=O) groups is 1. The van der Waals surface area contributed by atoms with Gasteiger partial charge in [-0.3, -0.25) is 4.79 Å². The topological polar surface area (TPSA) is 55.6 Å². The molecule has 0 bridgehead atoms. The van der Waals surface area contributed by atoms with Crippen LogP contribution in [-0.2, 0) is 0 Å². The summed E-state index contributed by atoms with van der Waals surface area (Å²) in [5, 5.41) is 1.03. The molecule has 0 saturated carbocycles. The molecule has 1 aromatic rings. The predicted molar refractivity (Wildman–Crippen MR) is 80.6 cm³/mol. The largest absolute Gasteiger partial charge is 0.486 e. The van der Waals surface area contributed by atoms with E-state index >= 15 is 0 Å². The molecule has 1 aliphatic rings. The fourth-order valence-corrected chi connectivity index (χ4v) is 3.48. The van der Waals surface area contributed by atoms with Gasteiger partial charge in [0, 0.05) is 19.5 Å². The van der Waals surface area contributed by atoms with Crippen LogP contribution in [0.1, 0.15) is 49.7 Å². The number of hydrogen-bond donors (Lipinski definition) is 1. The van der Waals surface area contributed by atoms with Crippen molar-refractivity contribution < 1.29 is 9.53 Å². The zero-order valence-corrected chi connectivity index (χ0v) is 12.7. The number of Topliss-reactive ketones (excluding diaryl/α,β-unsaturated/α-hetero) is 1. The summed E-state index contributed by atoms with van der Waals surface area (Å²) in [6.07, 6.45) is 2.92. The zero-order chi connectivity index (χ0) is 14.0. The molecule has 0 amide bonds. The normalized spacial score (nSPS) is 15.3. The van der Waals surface area contributed by atoms with E-state index in [9.17, 15) is 4.79 Å². The van der Waals surface area contributed by atoms with Crippen molar-refractivity contribution in [2.75, 3.05) is 23.7 Å². The lowest BCUT2D eigenvalue weighted by molar-refractivity contribution is 0.0992. The number of carbonyl (C=O) groups excluding carboxylic acids is 1. The minimum Gasteiger partial charge on any atom is -0.486 e. The van der Waals surface area contributed by atoms with E-state index in [-0.39, 0.29) is 11.9 Å². The molecule has 19 heavy (non-hydrogen) atoms. The fourth-order valence-electron chi connectivity index (χ4n) is 2.26. The van der Waals surface area contributed by atoms with Crippen molar-refractivity contribution in [3.63, 3.8) is 0 Å². The number of hydrogen-bond acceptors (Lipinski definition) is 5. The zero-order valence-electron chi connectivity index (χ0n) is 11.9. The summed E-state index contributed by atoms with van der Waals surface area (Å²) >= 11 is 1.48. The maximum Gasteiger partial charge on any atom is 0.177 e. The number of rotatable bonds is 5. The summed E-state index contributed by atoms with van der Waals surface area (Å²) in [7, 11) is 0. The highest BCUT2D eigenvalue weighted by atomic mass is 32.1. The average molecular weight is 282 g/mol. The predicted octanol–water partition coefficient (Wildman–Crippen LogP) is 3.31. The number of anilines is 2. The molecule has 0 spiro atoms. The summed E-state index contributed by atoms with van der Waals surface area (Å²) in [6.45, 7) is 7.86. The smallest absolute Gasteiger partial charge is 0.177 e. The van der Waals surface area contributed by atoms with E-state index in [0.717, 1.165) is 18.1 Å². The van der Waals surface area contributed by atoms with Crippen molar-refractivity contribution >= 4 is 27.8 Å². The molecule has 1 fully saturated rings. The summed E-state index contributed by atoms with van der Waals surface area (Å²) in [5.74, 6) is 0.806. The van der Waals surface area contributed by atoms with Crippen LogP contribution < -0.4 is 15.4 Å². The molecule has 4 nitrogen and oxygen atoms in total. The number of nitrogens with zero attached hydrogens (tertiary/aromatic N) is 1. The first-order valence-electron chi connectivity index (χ1n) is 6.91. The highest BCUT2D eigenvalue weighted by molar-refractivity contribution is 7.19. The molecule has 0 aromatic carbocycles. The van der Waals surface area contributed by atoms with Crippen LogP contribution >= 0.6 is 11.3 Å². The van der Waals surface area contributed by atoms with E-state index in [2.05, 4.69) is 4.90 Å². The van der Waals surface area contributed by atoms with Crippen molar-refractivity contribution in [2.45, 2.75) is 46.1 Å². The molecular weight excluding hydrogens is 260 g/mol. The SMILES string of the molecule is CCC(=O)c1sc(N2CCCC2)c(OC(C)C)c1N. The van der Waals surface area contributed by atoms with Crippen LogP contribution in [0.2, 0.25) is 0 Å². The number of nitrogens with two attached hydrogens (primary N) is 1. The van der Waals surface area contributed by atoms with Crippen LogP contribution in [0, 0.1) is 0 Å². The second kappa shape index (κ2) is 5.82. The lowest BCUT2D eigenvalue weighted by atomic mass is 10.2. The van der Waals surface area contributed by atoms with Crippen molar-refractivity contribution in [1.29, 1.82) is 0 Å². The van der Waals surface area contributed by atoms with Gasteiger partial charge in [-0.1, -0.05) is 6.92 Å². The molecule has 0 unspecified atom stereocenters. The molecular formula is C14H22N2O2S. The van der Waals surface area contributed by atoms with Crippen LogP contribution in [0.5, 0.6) is 5.75 Å². The highest BCUT2D eigenvalue weighted by Crippen LogP contribution is 2.46. The highest BCUT2D eigenvalue weighted by Gasteiger charge is 2.26. The maximum absolute atomic E-state index is 12.0. The molecule has 1 aliphatic heterocycles. The molecule has 1 saturated heterocycles. The molecule has 2 N–H and O–H groups in total. The molecule has 1 aromatic heterocycles. The van der Waals surface area contributed by atoms with E-state index in [0.29, 0.717) is 22.7 Å². The fraction of sp³-hybridized carbons (Fsp3) is 0.643. The number of ether oxygens (including phenoxy) is 1. The molecule has 2 heterocycles. The van der Waals surface area contributed by atoms with Crippen LogP contribution in [0.15, 0.2) is 0 Å². The molecule has 0 atom stereocenters. The average Bonchev–Trinajstić information content (AvgIpc) is 2.98. The van der Waals surface area contributed by atoms with E-state index in [1.54, 1.807) is 0 Å². The Morgan fingerprint density at radius 2 is 2.05 bits per heavy atom. The van der Waals surface area contributed by atoms with Gasteiger partial charge in [0.25, 0.3) is 0 Å². The van der Waals surface area contributed by atoms with Gasteiger partial charge in [-0.2, -0.15) is 0 Å². The van der Waals surface area contributed by atoms with E-state index in [4.69, 9.17) is 10.5 Å². The van der Waals surface area contributed by atoms with Gasteiger partial charge < -0.3 is 15.4 Å². The standard InChI is InChI=1S/C14H22N2O2S/c1-4-10(17)13-11(15)12(18-9(2)3)14(19-13)16-7-5-6-8-16/h9H,4-8,15H2,1-3H3. The molecule has 5 heteroatoms. The van der Waals surface area contributed by atoms with Crippen molar-refractivity contribution in [3.05, 3.63) is 4.88 Å². The minimum absolute atomic E-state index is 0.0582. The third-order valence-corrected chi connectivity index (χ3v) is 4.49. The monoisotopic (exact) mass is 282 g/mol. The third-order valence-electron chi connectivity index (χ3n) is 3.20. The van der Waals surface area contributed by atoms with Crippen molar-refractivity contribution in [2.24, 2.45) is 0 Å². The van der Waals surface area contributed by atoms with Crippen LogP contribution in [0.4, 0.5) is 10.7 Å². The Labute approximate surface area is 118 Å². The Bertz CT molecular complexity index is 462. The first kappa shape index (κ1) is 14.2. The Hall–Kier alpha value is -1.23. The van der Waals surface area contributed by atoms with Crippen LogP contribution in [0.25, 0.3) is 0 Å². The van der Waals surface area contributed by atoms with Gasteiger partial charge in [0.1, 0.15) is 5.00 Å². The van der Waals surface area contributed by atoms with Crippen LogP contribution in [0.3, 0.4) is 0 Å². The van der Waals surface area contributed by atoms with E-state index < -0.39 is 0 Å². The van der Waals surface area contributed by atoms with Gasteiger partial charge in [-0.15, -0.1) is 11.3 Å². The van der Waals surface area contributed by atoms with Gasteiger partial charge in [0.05, 0.1) is 16.7 Å². The number of ketones is 1. The quantitative estimate of drug-likeness (QED) is 0.842. The first-order chi connectivity index (χ1) is 9.04. The molecule has 2 rings (SSSR count). The summed E-state index contributed by atoms with van der Waals surface area (Å²) in [4.78, 5) is 14.9. The lowest BCUT2D eigenvalue weighted by Crippen LogP contribution is -2.18. The minimum atomic E-state index is 0.0582. The second-order valence-corrected chi connectivity index (χ2v) is 6.12. The number of nitrogen functional groups attached to an aromatic ring is 1. The van der Waals surface area contributed by atoms with Crippen LogP contribution in [-0.4, -0.2) is 25.0 Å².